The number of carbonyl (C=O) groups excluding carboxylic acids is 2. The van der Waals surface area contributed by atoms with E-state index >= 15 is 0 Å². The maximum Gasteiger partial charge on any atom is 0.357 e. The summed E-state index contributed by atoms with van der Waals surface area (Å²) in [7, 11) is 0. The minimum atomic E-state index is -0.550. The van der Waals surface area contributed by atoms with Crippen molar-refractivity contribution in [2.24, 2.45) is 0 Å². The third-order valence-electron chi connectivity index (χ3n) is 4.82. The third kappa shape index (κ3) is 4.36. The van der Waals surface area contributed by atoms with Crippen molar-refractivity contribution in [2.45, 2.75) is 37.7 Å². The molecule has 1 aliphatic carbocycles. The fourth-order valence-electron chi connectivity index (χ4n) is 3.18. The van der Waals surface area contributed by atoms with Gasteiger partial charge in [-0.15, -0.1) is 0 Å². The van der Waals surface area contributed by atoms with E-state index in [-0.39, 0.29) is 18.6 Å². The standard InChI is InChI=1S/C20H23N3O4/c24-19(21-12-16-7-4-10-26-16)13-27-20(25)18-11-17(14-8-9-14)22-23(18)15-5-2-1-3-6-15/h1-3,5-6,11,14,16H,4,7-10,12-13H2,(H,21,24)/t16-/m0/s1. The Morgan fingerprint density at radius 2 is 2.04 bits per heavy atom. The molecule has 1 saturated heterocycles. The van der Waals surface area contributed by atoms with Gasteiger partial charge in [-0.25, -0.2) is 9.48 Å². The van der Waals surface area contributed by atoms with Crippen molar-refractivity contribution in [3.05, 3.63) is 47.8 Å². The highest BCUT2D eigenvalue weighted by Crippen LogP contribution is 2.39. The Balaban J connectivity index is 1.39. The van der Waals surface area contributed by atoms with Gasteiger partial charge in [0.2, 0.25) is 0 Å². The first kappa shape index (κ1) is 17.7. The van der Waals surface area contributed by atoms with Gasteiger partial charge in [0.05, 0.1) is 17.5 Å². The number of aromatic nitrogens is 2. The molecule has 1 N–H and O–H groups in total. The largest absolute Gasteiger partial charge is 0.451 e. The summed E-state index contributed by atoms with van der Waals surface area (Å²) in [5.74, 6) is -0.464. The zero-order valence-corrected chi connectivity index (χ0v) is 15.1. The lowest BCUT2D eigenvalue weighted by atomic mass is 10.2. The molecule has 2 aliphatic rings. The minimum absolute atomic E-state index is 0.0604. The smallest absolute Gasteiger partial charge is 0.357 e. The molecule has 7 heteroatoms. The summed E-state index contributed by atoms with van der Waals surface area (Å²) in [6, 6.07) is 11.2. The van der Waals surface area contributed by atoms with Gasteiger partial charge in [0.1, 0.15) is 0 Å². The molecular formula is C20H23N3O4. The van der Waals surface area contributed by atoms with E-state index in [1.165, 1.54) is 0 Å². The maximum atomic E-state index is 12.6. The molecule has 2 fully saturated rings. The van der Waals surface area contributed by atoms with Crippen molar-refractivity contribution >= 4 is 11.9 Å². The average molecular weight is 369 g/mol. The molecular weight excluding hydrogens is 346 g/mol. The fourth-order valence-corrected chi connectivity index (χ4v) is 3.18. The number of rotatable bonds is 7. The van der Waals surface area contributed by atoms with Gasteiger partial charge in [-0.1, -0.05) is 18.2 Å². The van der Waals surface area contributed by atoms with Crippen molar-refractivity contribution in [1.82, 2.24) is 15.1 Å². The zero-order chi connectivity index (χ0) is 18.6. The number of nitrogens with one attached hydrogen (secondary N) is 1. The summed E-state index contributed by atoms with van der Waals surface area (Å²) in [5, 5.41) is 7.33. The number of hydrogen-bond donors (Lipinski definition) is 1. The van der Waals surface area contributed by atoms with Crippen LogP contribution in [0, 0.1) is 0 Å². The Bertz CT molecular complexity index is 808. The average Bonchev–Trinajstić information content (AvgIpc) is 3.23. The van der Waals surface area contributed by atoms with Gasteiger partial charge in [0.15, 0.2) is 12.3 Å². The lowest BCUT2D eigenvalue weighted by molar-refractivity contribution is -0.124. The molecule has 1 aliphatic heterocycles. The Kier molecular flexibility index (Phi) is 5.20. The molecule has 1 saturated carbocycles. The molecule has 1 atom stereocenters. The minimum Gasteiger partial charge on any atom is -0.451 e. The molecule has 7 nitrogen and oxygen atoms in total. The monoisotopic (exact) mass is 369 g/mol. The van der Waals surface area contributed by atoms with E-state index < -0.39 is 5.97 Å². The molecule has 0 bridgehead atoms. The number of amides is 1. The summed E-state index contributed by atoms with van der Waals surface area (Å²) in [4.78, 5) is 24.5. The maximum absolute atomic E-state index is 12.6. The number of ether oxygens (including phenoxy) is 2. The molecule has 142 valence electrons. The molecule has 4 rings (SSSR count). The molecule has 1 aromatic carbocycles. The van der Waals surface area contributed by atoms with Crippen molar-refractivity contribution in [3.8, 4) is 5.69 Å². The van der Waals surface area contributed by atoms with Crippen LogP contribution in [0.2, 0.25) is 0 Å². The summed E-state index contributed by atoms with van der Waals surface area (Å²) in [6.07, 6.45) is 4.20. The number of nitrogens with zero attached hydrogens (tertiary/aromatic N) is 2. The highest BCUT2D eigenvalue weighted by atomic mass is 16.5. The van der Waals surface area contributed by atoms with E-state index in [2.05, 4.69) is 10.4 Å². The van der Waals surface area contributed by atoms with Gasteiger partial charge in [0, 0.05) is 19.1 Å². The van der Waals surface area contributed by atoms with Crippen LogP contribution in [0.3, 0.4) is 0 Å². The van der Waals surface area contributed by atoms with E-state index in [0.29, 0.717) is 18.2 Å². The second-order valence-corrected chi connectivity index (χ2v) is 6.99. The van der Waals surface area contributed by atoms with Crippen molar-refractivity contribution in [3.63, 3.8) is 0 Å². The van der Waals surface area contributed by atoms with Crippen molar-refractivity contribution in [2.75, 3.05) is 19.8 Å². The third-order valence-corrected chi connectivity index (χ3v) is 4.82. The Hall–Kier alpha value is -2.67. The fraction of sp³-hybridized carbons (Fsp3) is 0.450. The number of benzene rings is 1. The van der Waals surface area contributed by atoms with Crippen molar-refractivity contribution < 1.29 is 19.1 Å². The Morgan fingerprint density at radius 3 is 2.74 bits per heavy atom. The van der Waals surface area contributed by atoms with Crippen LogP contribution in [0.5, 0.6) is 0 Å². The van der Waals surface area contributed by atoms with Crippen LogP contribution in [0.25, 0.3) is 5.69 Å². The highest BCUT2D eigenvalue weighted by Gasteiger charge is 2.29. The first-order valence-corrected chi connectivity index (χ1v) is 9.41. The predicted molar refractivity (Wildman–Crippen MR) is 97.8 cm³/mol. The predicted octanol–water partition coefficient (Wildman–Crippen LogP) is 2.20. The van der Waals surface area contributed by atoms with Gasteiger partial charge in [-0.05, 0) is 43.9 Å². The van der Waals surface area contributed by atoms with Crippen LogP contribution in [0.1, 0.15) is 47.8 Å². The lowest BCUT2D eigenvalue weighted by Gasteiger charge is -2.11. The van der Waals surface area contributed by atoms with Gasteiger partial charge in [0.25, 0.3) is 5.91 Å². The summed E-state index contributed by atoms with van der Waals surface area (Å²) in [5.41, 5.74) is 2.03. The number of para-hydroxylation sites is 1. The van der Waals surface area contributed by atoms with Crippen LogP contribution in [0.15, 0.2) is 36.4 Å². The van der Waals surface area contributed by atoms with Crippen molar-refractivity contribution in [1.29, 1.82) is 0 Å². The zero-order valence-electron chi connectivity index (χ0n) is 15.1. The normalized spacial score (nSPS) is 19.0. The Labute approximate surface area is 157 Å². The van der Waals surface area contributed by atoms with Crippen LogP contribution in [0.4, 0.5) is 0 Å². The SMILES string of the molecule is O=C(COC(=O)c1cc(C2CC2)nn1-c1ccccc1)NC[C@@H]1CCCO1. The molecule has 0 spiro atoms. The van der Waals surface area contributed by atoms with Crippen LogP contribution >= 0.6 is 0 Å². The molecule has 1 amide bonds. The van der Waals surface area contributed by atoms with Gasteiger partial charge in [-0.3, -0.25) is 4.79 Å². The van der Waals surface area contributed by atoms with Crippen LogP contribution < -0.4 is 5.32 Å². The first-order valence-electron chi connectivity index (χ1n) is 9.41. The van der Waals surface area contributed by atoms with E-state index in [0.717, 1.165) is 43.7 Å². The lowest BCUT2D eigenvalue weighted by Crippen LogP contribution is -2.35. The number of esters is 1. The number of hydrogen-bond acceptors (Lipinski definition) is 5. The molecule has 0 unspecified atom stereocenters. The molecule has 27 heavy (non-hydrogen) atoms. The van der Waals surface area contributed by atoms with Gasteiger partial charge < -0.3 is 14.8 Å². The molecule has 2 heterocycles. The van der Waals surface area contributed by atoms with Crippen LogP contribution in [-0.4, -0.2) is 47.5 Å². The van der Waals surface area contributed by atoms with Gasteiger partial charge in [-0.2, -0.15) is 5.10 Å². The molecule has 0 radical (unpaired) electrons. The van der Waals surface area contributed by atoms with E-state index in [1.807, 2.05) is 30.3 Å². The summed E-state index contributed by atoms with van der Waals surface area (Å²) < 4.78 is 12.3. The molecule has 1 aromatic heterocycles. The second-order valence-electron chi connectivity index (χ2n) is 6.99. The Morgan fingerprint density at radius 1 is 1.22 bits per heavy atom. The highest BCUT2D eigenvalue weighted by molar-refractivity contribution is 5.90. The first-order chi connectivity index (χ1) is 13.2. The van der Waals surface area contributed by atoms with E-state index in [9.17, 15) is 9.59 Å². The van der Waals surface area contributed by atoms with Gasteiger partial charge >= 0.3 is 5.97 Å². The number of carbonyl (C=O) groups is 2. The summed E-state index contributed by atoms with van der Waals surface area (Å²) in [6.45, 7) is 0.872. The van der Waals surface area contributed by atoms with E-state index in [4.69, 9.17) is 9.47 Å². The van der Waals surface area contributed by atoms with E-state index in [1.54, 1.807) is 10.7 Å². The topological polar surface area (TPSA) is 82.5 Å². The summed E-state index contributed by atoms with van der Waals surface area (Å²) >= 11 is 0. The molecule has 2 aromatic rings. The second kappa shape index (κ2) is 7.92. The van der Waals surface area contributed by atoms with Crippen LogP contribution in [-0.2, 0) is 14.3 Å². The quantitative estimate of drug-likeness (QED) is 0.757.